The van der Waals surface area contributed by atoms with Crippen LogP contribution in [0.4, 0.5) is 13.2 Å². The van der Waals surface area contributed by atoms with Gasteiger partial charge in [-0.3, -0.25) is 9.39 Å². The smallest absolute Gasteiger partial charge is 0.430 e. The number of hydroxylamine groups is 2. The zero-order valence-corrected chi connectivity index (χ0v) is 25.6. The van der Waals surface area contributed by atoms with Crippen LogP contribution in [-0.2, 0) is 41.0 Å². The van der Waals surface area contributed by atoms with Gasteiger partial charge in [0.05, 0.1) is 0 Å². The van der Waals surface area contributed by atoms with E-state index in [1.54, 1.807) is 12.1 Å². The van der Waals surface area contributed by atoms with Crippen molar-refractivity contribution in [1.29, 1.82) is 0 Å². The van der Waals surface area contributed by atoms with Gasteiger partial charge in [0.2, 0.25) is 0 Å². The highest BCUT2D eigenvalue weighted by Crippen LogP contribution is 2.40. The van der Waals surface area contributed by atoms with Gasteiger partial charge in [0.25, 0.3) is 10.1 Å². The Hall–Kier alpha value is -3.99. The van der Waals surface area contributed by atoms with E-state index in [9.17, 15) is 26.1 Å². The number of carbonyl (C=O) groups is 1. The van der Waals surface area contributed by atoms with Crippen molar-refractivity contribution < 1.29 is 70.9 Å². The third kappa shape index (κ3) is 11.4. The van der Waals surface area contributed by atoms with E-state index >= 15 is 0 Å². The zero-order valence-electron chi connectivity index (χ0n) is 23.2. The molecule has 1 atom stereocenters. The number of benzene rings is 4. The summed E-state index contributed by atoms with van der Waals surface area (Å²) in [4.78, 5) is 14.5. The summed E-state index contributed by atoms with van der Waals surface area (Å²) >= 11 is 0. The normalized spacial score (nSPS) is 15.1. The van der Waals surface area contributed by atoms with E-state index in [0.29, 0.717) is 24.3 Å². The molecular formula is C25H24F3N2O13S3-. The highest BCUT2D eigenvalue weighted by Gasteiger charge is 2.28. The van der Waals surface area contributed by atoms with Gasteiger partial charge in [-0.1, -0.05) is 30.3 Å². The van der Waals surface area contributed by atoms with Gasteiger partial charge in [-0.05, 0) is 47.2 Å². The monoisotopic (exact) mass is 713 g/mol. The molecule has 252 valence electrons. The number of carboxylic acid groups (broad SMARTS) is 1. The second kappa shape index (κ2) is 16.5. The molecule has 4 aromatic carbocycles. The summed E-state index contributed by atoms with van der Waals surface area (Å²) in [6.45, 7) is 2.41. The van der Waals surface area contributed by atoms with Gasteiger partial charge in [-0.25, -0.2) is 0 Å². The van der Waals surface area contributed by atoms with E-state index in [-0.39, 0.29) is 10.9 Å². The Labute approximate surface area is 261 Å². The summed E-state index contributed by atoms with van der Waals surface area (Å²) in [7, 11) is -10.6. The number of piperidine rings is 1. The lowest BCUT2D eigenvalue weighted by Crippen LogP contribution is -2.43. The number of hydrogen-bond acceptors (Lipinski definition) is 14. The van der Waals surface area contributed by atoms with Crippen molar-refractivity contribution in [3.63, 3.8) is 0 Å². The predicted molar refractivity (Wildman–Crippen MR) is 151 cm³/mol. The topological polar surface area (TPSA) is 245 Å². The number of nitrogens with two attached hydrogens (primary N) is 1. The van der Waals surface area contributed by atoms with Crippen LogP contribution in [0.25, 0.3) is 32.3 Å². The average molecular weight is 714 g/mol. The quantitative estimate of drug-likeness (QED) is 0.160. The van der Waals surface area contributed by atoms with E-state index in [4.69, 9.17) is 50.5 Å². The Balaban J connectivity index is 0.000000412. The molecule has 0 saturated carbocycles. The highest BCUT2D eigenvalue weighted by molar-refractivity contribution is 7.86. The summed E-state index contributed by atoms with van der Waals surface area (Å²) in [6.07, 6.45) is -3.14. The zero-order chi connectivity index (χ0) is 34.8. The molecular weight excluding hydrogens is 689 g/mol. The fourth-order valence-corrected chi connectivity index (χ4v) is 5.20. The maximum absolute atomic E-state index is 11.9. The SMILES string of the molecule is NC1CCCN(OCCOc2ccc3ccc4ccc(S(=O)(=O)O)c5ccc2c3c45)C1.O=C([O-])C(F)(F)F.O=S(=O)=O.O=S(=O)=O. The van der Waals surface area contributed by atoms with Gasteiger partial charge >= 0.3 is 27.4 Å². The van der Waals surface area contributed by atoms with Crippen LogP contribution in [0.1, 0.15) is 12.8 Å². The minimum atomic E-state index is -5.19. The minimum Gasteiger partial charge on any atom is -0.542 e. The van der Waals surface area contributed by atoms with Crippen LogP contribution >= 0.6 is 0 Å². The average Bonchev–Trinajstić information content (AvgIpc) is 2.93. The first-order valence-corrected chi connectivity index (χ1v) is 16.0. The largest absolute Gasteiger partial charge is 0.542 e. The summed E-state index contributed by atoms with van der Waals surface area (Å²) in [6, 6.07) is 14.7. The maximum atomic E-state index is 11.9. The molecule has 1 fully saturated rings. The number of carbonyl (C=O) groups excluding carboxylic acids is 1. The maximum Gasteiger partial charge on any atom is 0.430 e. The van der Waals surface area contributed by atoms with E-state index < -0.39 is 43.5 Å². The summed E-state index contributed by atoms with van der Waals surface area (Å²) in [5.74, 6) is -2.30. The molecule has 1 unspecified atom stereocenters. The van der Waals surface area contributed by atoms with Crippen molar-refractivity contribution in [1.82, 2.24) is 5.06 Å². The number of hydrogen-bond donors (Lipinski definition) is 2. The molecule has 1 aliphatic heterocycles. The van der Waals surface area contributed by atoms with Crippen molar-refractivity contribution in [2.24, 2.45) is 5.73 Å². The fraction of sp³-hybridized carbons (Fsp3) is 0.320. The molecule has 4 aromatic rings. The molecule has 0 amide bonds. The van der Waals surface area contributed by atoms with Gasteiger partial charge in [0, 0.05) is 35.3 Å². The molecule has 46 heavy (non-hydrogen) atoms. The fourth-order valence-electron chi connectivity index (χ4n) is 4.51. The molecule has 3 N–H and O–H groups in total. The Kier molecular flexibility index (Phi) is 13.7. The molecule has 5 rings (SSSR count). The lowest BCUT2D eigenvalue weighted by atomic mass is 9.94. The van der Waals surface area contributed by atoms with Crippen molar-refractivity contribution in [3.8, 4) is 5.75 Å². The second-order valence-electron chi connectivity index (χ2n) is 9.19. The molecule has 1 saturated heterocycles. The van der Waals surface area contributed by atoms with Crippen molar-refractivity contribution in [2.45, 2.75) is 30.0 Å². The van der Waals surface area contributed by atoms with Crippen LogP contribution in [0, 0.1) is 0 Å². The number of aliphatic carboxylic acids is 1. The van der Waals surface area contributed by atoms with E-state index in [1.165, 1.54) is 6.07 Å². The first kappa shape index (κ1) is 38.2. The Morgan fingerprint density at radius 2 is 1.39 bits per heavy atom. The summed E-state index contributed by atoms with van der Waals surface area (Å²) < 4.78 is 122. The van der Waals surface area contributed by atoms with Crippen LogP contribution in [-0.4, -0.2) is 87.8 Å². The number of halogens is 3. The lowest BCUT2D eigenvalue weighted by Gasteiger charge is -2.29. The van der Waals surface area contributed by atoms with E-state index in [1.807, 2.05) is 35.4 Å². The molecule has 0 aromatic heterocycles. The molecule has 0 bridgehead atoms. The van der Waals surface area contributed by atoms with Crippen LogP contribution in [0.2, 0.25) is 0 Å². The summed E-state index contributed by atoms with van der Waals surface area (Å²) in [5, 5.41) is 15.7. The third-order valence-electron chi connectivity index (χ3n) is 6.13. The second-order valence-corrected chi connectivity index (χ2v) is 11.4. The van der Waals surface area contributed by atoms with Gasteiger partial charge in [0.1, 0.15) is 29.8 Å². The highest BCUT2D eigenvalue weighted by atomic mass is 32.2. The number of ether oxygens (including phenoxy) is 1. The lowest BCUT2D eigenvalue weighted by molar-refractivity contribution is -0.344. The van der Waals surface area contributed by atoms with E-state index in [2.05, 4.69) is 0 Å². The number of alkyl halides is 3. The number of carboxylic acids is 1. The molecule has 1 heterocycles. The van der Waals surface area contributed by atoms with Crippen LogP contribution in [0.5, 0.6) is 5.75 Å². The molecule has 21 heteroatoms. The first-order valence-electron chi connectivity index (χ1n) is 12.6. The van der Waals surface area contributed by atoms with Crippen molar-refractivity contribution in [2.75, 3.05) is 26.3 Å². The van der Waals surface area contributed by atoms with Crippen molar-refractivity contribution >= 4 is 69.6 Å². The molecule has 0 aliphatic carbocycles. The first-order chi connectivity index (χ1) is 21.3. The predicted octanol–water partition coefficient (Wildman–Crippen LogP) is 0.855. The Morgan fingerprint density at radius 3 is 1.89 bits per heavy atom. The van der Waals surface area contributed by atoms with Crippen LogP contribution in [0.15, 0.2) is 53.4 Å². The van der Waals surface area contributed by atoms with Gasteiger partial charge < -0.3 is 20.4 Å². The van der Waals surface area contributed by atoms with Gasteiger partial charge in [-0.15, -0.1) is 25.3 Å². The molecule has 15 nitrogen and oxygen atoms in total. The molecule has 0 radical (unpaired) electrons. The molecule has 0 spiro atoms. The van der Waals surface area contributed by atoms with Gasteiger partial charge in [-0.2, -0.15) is 26.7 Å². The van der Waals surface area contributed by atoms with Crippen molar-refractivity contribution in [3.05, 3.63) is 48.5 Å². The number of rotatable bonds is 6. The summed E-state index contributed by atoms with van der Waals surface area (Å²) in [5.41, 5.74) is 5.99. The van der Waals surface area contributed by atoms with Crippen LogP contribution in [0.3, 0.4) is 0 Å². The van der Waals surface area contributed by atoms with Gasteiger partial charge in [0.15, 0.2) is 0 Å². The Morgan fingerprint density at radius 1 is 0.913 bits per heavy atom. The van der Waals surface area contributed by atoms with Crippen LogP contribution < -0.4 is 15.6 Å². The minimum absolute atomic E-state index is 0.0890. The standard InChI is InChI=1S/C23H24N2O5S.C2HF3O2.2O3S/c24-17-2-1-11-25(14-17)30-13-12-29-20-9-5-15-3-4-16-6-10-21(31(26,27)28)19-8-7-18(20)22(15)23(16)19;3-2(4,5)1(6)7;2*1-4(2)3/h3-10,17H,1-2,11-14,24H2,(H,26,27,28);(H,6,7);;/p-1. The Bertz CT molecular complexity index is 1970. The molecule has 1 aliphatic rings. The van der Waals surface area contributed by atoms with E-state index in [0.717, 1.165) is 52.9 Å². The third-order valence-corrected chi connectivity index (χ3v) is 7.04. The number of nitrogens with zero attached hydrogens (tertiary/aromatic N) is 1.